The smallest absolute Gasteiger partial charge is 0.352 e. The van der Waals surface area contributed by atoms with E-state index in [0.29, 0.717) is 17.3 Å². The molecule has 2 N–H and O–H groups in total. The molecule has 164 valence electrons. The topological polar surface area (TPSA) is 88.9 Å². The molecule has 1 aromatic carbocycles. The summed E-state index contributed by atoms with van der Waals surface area (Å²) in [5.41, 5.74) is -1.54. The molecule has 0 fully saturated rings. The summed E-state index contributed by atoms with van der Waals surface area (Å²) < 4.78 is 40.9. The molecule has 3 aromatic rings. The quantitative estimate of drug-likeness (QED) is 0.499. The summed E-state index contributed by atoms with van der Waals surface area (Å²) >= 11 is 9.27. The molecule has 2 radical (unpaired) electrons. The molecule has 7 nitrogen and oxygen atoms in total. The fraction of sp³-hybridized carbons (Fsp3) is 0.158. The van der Waals surface area contributed by atoms with Gasteiger partial charge >= 0.3 is 6.18 Å². The lowest BCUT2D eigenvalue weighted by Gasteiger charge is -2.15. The number of aromatic nitrogens is 3. The van der Waals surface area contributed by atoms with Gasteiger partial charge in [0.25, 0.3) is 11.8 Å². The number of anilines is 1. The van der Waals surface area contributed by atoms with Crippen LogP contribution in [0.2, 0.25) is 5.02 Å². The van der Waals surface area contributed by atoms with Crippen molar-refractivity contribution in [3.05, 3.63) is 63.0 Å². The Bertz CT molecular complexity index is 1200. The Morgan fingerprint density at radius 3 is 2.59 bits per heavy atom. The number of nitrogens with one attached hydrogen (secondary N) is 2. The summed E-state index contributed by atoms with van der Waals surface area (Å²) in [6, 6.07) is 6.21. The number of nitrogens with zero attached hydrogens (tertiary/aromatic N) is 3. The number of hydrogen-bond acceptors (Lipinski definition) is 4. The van der Waals surface area contributed by atoms with Crippen molar-refractivity contribution in [1.82, 2.24) is 20.1 Å². The number of alkyl halides is 3. The van der Waals surface area contributed by atoms with Gasteiger partial charge < -0.3 is 10.6 Å². The second-order valence-electron chi connectivity index (χ2n) is 6.37. The third-order valence-corrected chi connectivity index (χ3v) is 5.03. The van der Waals surface area contributed by atoms with Gasteiger partial charge in [0.15, 0.2) is 11.5 Å². The first-order chi connectivity index (χ1) is 15.0. The molecule has 0 atom stereocenters. The number of halogens is 5. The highest BCUT2D eigenvalue weighted by Gasteiger charge is 2.36. The molecule has 2 heterocycles. The Labute approximate surface area is 194 Å². The van der Waals surface area contributed by atoms with E-state index in [0.717, 1.165) is 0 Å². The molecule has 13 heteroatoms. The molecular weight excluding hydrogens is 513 g/mol. The first kappa shape index (κ1) is 23.8. The number of carbonyl (C=O) groups excluding carboxylic acids is 2. The zero-order chi connectivity index (χ0) is 23.6. The first-order valence-corrected chi connectivity index (χ1v) is 10.2. The minimum absolute atomic E-state index is 0.0172. The van der Waals surface area contributed by atoms with Gasteiger partial charge in [-0.05, 0) is 35.0 Å². The van der Waals surface area contributed by atoms with Crippen molar-refractivity contribution in [3.8, 4) is 5.82 Å². The standard InChI is InChI=1S/C19H13BBrClF3N5O2/c1-2-26-17(31)10-6-9(20)7-11(21)15(10)28-18(32)13-8-14(19(23,24)25)29-30(13)16-12(22)4-3-5-27-16/h3-8H,2H2,1H3,(H,26,31)(H,28,32). The molecule has 0 aliphatic heterocycles. The van der Waals surface area contributed by atoms with Gasteiger partial charge in [0.2, 0.25) is 0 Å². The average Bonchev–Trinajstić information content (AvgIpc) is 3.16. The van der Waals surface area contributed by atoms with Crippen LogP contribution in [0, 0.1) is 0 Å². The zero-order valence-electron chi connectivity index (χ0n) is 16.3. The molecule has 0 aliphatic rings. The molecule has 0 saturated heterocycles. The van der Waals surface area contributed by atoms with Crippen LogP contribution in [0.4, 0.5) is 18.9 Å². The summed E-state index contributed by atoms with van der Waals surface area (Å²) in [6.07, 6.45) is -3.53. The maximum atomic E-state index is 13.3. The molecule has 2 aromatic heterocycles. The fourth-order valence-electron chi connectivity index (χ4n) is 2.74. The van der Waals surface area contributed by atoms with Gasteiger partial charge in [0.05, 0.1) is 16.3 Å². The van der Waals surface area contributed by atoms with Crippen LogP contribution < -0.4 is 16.1 Å². The summed E-state index contributed by atoms with van der Waals surface area (Å²) in [5.74, 6) is -1.69. The van der Waals surface area contributed by atoms with Crippen LogP contribution in [0.1, 0.15) is 33.5 Å². The largest absolute Gasteiger partial charge is 0.435 e. The van der Waals surface area contributed by atoms with E-state index in [1.54, 1.807) is 6.92 Å². The van der Waals surface area contributed by atoms with E-state index in [1.807, 2.05) is 0 Å². The molecule has 0 unspecified atom stereocenters. The molecule has 3 rings (SSSR count). The highest BCUT2D eigenvalue weighted by atomic mass is 79.9. The van der Waals surface area contributed by atoms with E-state index in [9.17, 15) is 22.8 Å². The molecule has 32 heavy (non-hydrogen) atoms. The van der Waals surface area contributed by atoms with Crippen molar-refractivity contribution < 1.29 is 22.8 Å². The van der Waals surface area contributed by atoms with E-state index in [1.165, 1.54) is 30.5 Å². The predicted octanol–water partition coefficient (Wildman–Crippen LogP) is 3.50. The maximum Gasteiger partial charge on any atom is 0.435 e. The molecule has 0 saturated carbocycles. The second-order valence-corrected chi connectivity index (χ2v) is 7.63. The van der Waals surface area contributed by atoms with E-state index >= 15 is 0 Å². The van der Waals surface area contributed by atoms with Crippen LogP contribution in [0.3, 0.4) is 0 Å². The van der Waals surface area contributed by atoms with Gasteiger partial charge in [0, 0.05) is 23.3 Å². The van der Waals surface area contributed by atoms with Crippen LogP contribution in [-0.4, -0.2) is 41.0 Å². The van der Waals surface area contributed by atoms with Gasteiger partial charge in [0.1, 0.15) is 13.5 Å². The van der Waals surface area contributed by atoms with Gasteiger partial charge in [-0.2, -0.15) is 18.3 Å². The lowest BCUT2D eigenvalue weighted by atomic mass is 9.93. The van der Waals surface area contributed by atoms with E-state index in [4.69, 9.17) is 19.4 Å². The summed E-state index contributed by atoms with van der Waals surface area (Å²) in [6.45, 7) is 2.00. The Kier molecular flexibility index (Phi) is 6.94. The van der Waals surface area contributed by atoms with Crippen LogP contribution in [0.25, 0.3) is 5.82 Å². The third kappa shape index (κ3) is 4.96. The van der Waals surface area contributed by atoms with E-state index < -0.39 is 29.4 Å². The monoisotopic (exact) mass is 525 g/mol. The Hall–Kier alpha value is -2.86. The molecular formula is C19H13BBrClF3N5O2. The number of rotatable bonds is 5. The second kappa shape index (κ2) is 9.33. The molecule has 0 spiro atoms. The number of pyridine rings is 1. The van der Waals surface area contributed by atoms with Gasteiger partial charge in [-0.25, -0.2) is 9.67 Å². The third-order valence-electron chi connectivity index (χ3n) is 4.11. The normalized spacial score (nSPS) is 11.3. The Morgan fingerprint density at radius 1 is 1.25 bits per heavy atom. The highest BCUT2D eigenvalue weighted by Crippen LogP contribution is 2.31. The van der Waals surface area contributed by atoms with Crippen LogP contribution in [0.5, 0.6) is 0 Å². The summed E-state index contributed by atoms with van der Waals surface area (Å²) in [4.78, 5) is 29.4. The minimum Gasteiger partial charge on any atom is -0.352 e. The predicted molar refractivity (Wildman–Crippen MR) is 117 cm³/mol. The lowest BCUT2D eigenvalue weighted by molar-refractivity contribution is -0.141. The summed E-state index contributed by atoms with van der Waals surface area (Å²) in [7, 11) is 5.79. The highest BCUT2D eigenvalue weighted by molar-refractivity contribution is 9.10. The minimum atomic E-state index is -4.82. The van der Waals surface area contributed by atoms with E-state index in [-0.39, 0.29) is 32.0 Å². The molecule has 2 amide bonds. The zero-order valence-corrected chi connectivity index (χ0v) is 18.6. The van der Waals surface area contributed by atoms with E-state index in [2.05, 4.69) is 36.6 Å². The Balaban J connectivity index is 2.11. The van der Waals surface area contributed by atoms with Crippen molar-refractivity contribution in [3.63, 3.8) is 0 Å². The van der Waals surface area contributed by atoms with Crippen molar-refractivity contribution in [2.24, 2.45) is 0 Å². The van der Waals surface area contributed by atoms with Crippen molar-refractivity contribution in [2.75, 3.05) is 11.9 Å². The van der Waals surface area contributed by atoms with Gasteiger partial charge in [-0.3, -0.25) is 9.59 Å². The van der Waals surface area contributed by atoms with Gasteiger partial charge in [-0.1, -0.05) is 29.2 Å². The van der Waals surface area contributed by atoms with Crippen LogP contribution in [-0.2, 0) is 6.18 Å². The molecule has 0 bridgehead atoms. The van der Waals surface area contributed by atoms with Crippen molar-refractivity contribution in [1.29, 1.82) is 0 Å². The maximum absolute atomic E-state index is 13.3. The number of carbonyl (C=O) groups is 2. The first-order valence-electron chi connectivity index (χ1n) is 8.99. The lowest BCUT2D eigenvalue weighted by Crippen LogP contribution is -2.27. The number of hydrogen-bond donors (Lipinski definition) is 2. The molecule has 0 aliphatic carbocycles. The summed E-state index contributed by atoms with van der Waals surface area (Å²) in [5, 5.41) is 8.49. The number of benzene rings is 1. The number of amides is 2. The SMILES string of the molecule is [B]c1cc(Br)c(NC(=O)c2cc(C(F)(F)F)nn2-c2ncccc2Cl)c(C(=O)NCC)c1. The average molecular weight is 527 g/mol. The van der Waals surface area contributed by atoms with Crippen molar-refractivity contribution >= 4 is 58.3 Å². The Morgan fingerprint density at radius 2 is 1.97 bits per heavy atom. The van der Waals surface area contributed by atoms with Crippen molar-refractivity contribution in [2.45, 2.75) is 13.1 Å². The van der Waals surface area contributed by atoms with Gasteiger partial charge in [-0.15, -0.1) is 0 Å². The van der Waals surface area contributed by atoms with Crippen LogP contribution in [0.15, 0.2) is 41.0 Å². The van der Waals surface area contributed by atoms with Crippen LogP contribution >= 0.6 is 27.5 Å². The fourth-order valence-corrected chi connectivity index (χ4v) is 3.52.